The first-order chi connectivity index (χ1) is 17.9. The summed E-state index contributed by atoms with van der Waals surface area (Å²) in [6, 6.07) is 21.0. The van der Waals surface area contributed by atoms with E-state index in [0.29, 0.717) is 12.1 Å². The minimum absolute atomic E-state index is 0.116. The number of nitrogens with one attached hydrogen (secondary N) is 1. The molecule has 2 atom stereocenters. The number of fused-ring (bicyclic) bond motifs is 1. The van der Waals surface area contributed by atoms with Crippen LogP contribution < -0.4 is 10.1 Å². The van der Waals surface area contributed by atoms with Gasteiger partial charge in [-0.1, -0.05) is 60.7 Å². The fourth-order valence-corrected chi connectivity index (χ4v) is 4.09. The number of likely N-dealkylation sites (N-methyl/N-ethyl adjacent to an activating group) is 1. The number of aliphatic hydroxyl groups excluding tert-OH is 2. The van der Waals surface area contributed by atoms with Crippen LogP contribution in [0.15, 0.2) is 77.4 Å². The van der Waals surface area contributed by atoms with E-state index in [-0.39, 0.29) is 19.0 Å². The molecule has 192 valence electrons. The molecule has 2 amide bonds. The lowest BCUT2D eigenvalue weighted by atomic mass is 10.0. The molecule has 0 aliphatic heterocycles. The summed E-state index contributed by atoms with van der Waals surface area (Å²) < 4.78 is 10.7. The van der Waals surface area contributed by atoms with Crippen molar-refractivity contribution in [2.75, 3.05) is 14.2 Å². The number of amides is 2. The van der Waals surface area contributed by atoms with Gasteiger partial charge in [-0.2, -0.15) is 0 Å². The molecule has 0 bridgehead atoms. The number of benzene rings is 3. The van der Waals surface area contributed by atoms with Gasteiger partial charge in [-0.05, 0) is 22.4 Å². The Bertz CT molecular complexity index is 1380. The smallest absolute Gasteiger partial charge is 0.254 e. The van der Waals surface area contributed by atoms with Crippen LogP contribution in [-0.2, 0) is 29.1 Å². The number of hydrogen-bond donors (Lipinski definition) is 3. The summed E-state index contributed by atoms with van der Waals surface area (Å²) in [5.74, 6) is -0.735. The predicted octanol–water partition coefficient (Wildman–Crippen LogP) is 2.42. The zero-order valence-corrected chi connectivity index (χ0v) is 20.6. The molecule has 4 aromatic rings. The van der Waals surface area contributed by atoms with Crippen molar-refractivity contribution in [3.8, 4) is 5.75 Å². The van der Waals surface area contributed by atoms with Crippen molar-refractivity contribution in [2.45, 2.75) is 31.7 Å². The number of rotatable bonds is 10. The molecule has 0 saturated heterocycles. The maximum Gasteiger partial charge on any atom is 0.254 e. The van der Waals surface area contributed by atoms with Gasteiger partial charge in [0.05, 0.1) is 19.3 Å². The average molecular weight is 504 g/mol. The number of methoxy groups -OCH3 is 1. The van der Waals surface area contributed by atoms with Crippen LogP contribution in [0.3, 0.4) is 0 Å². The number of para-hydroxylation sites is 1. The van der Waals surface area contributed by atoms with Gasteiger partial charge in [-0.3, -0.25) is 9.59 Å². The average Bonchev–Trinajstić information content (AvgIpc) is 3.38. The summed E-state index contributed by atoms with van der Waals surface area (Å²) in [5, 5.41) is 25.1. The Kier molecular flexibility index (Phi) is 8.17. The fraction of sp³-hybridized carbons (Fsp3) is 0.250. The number of carbonyl (C=O) groups excluding carboxylic acids is 2. The highest BCUT2D eigenvalue weighted by Crippen LogP contribution is 2.21. The molecule has 0 spiro atoms. The molecular formula is C28H29N3O6. The number of aliphatic hydroxyl groups is 2. The Morgan fingerprint density at radius 2 is 1.70 bits per heavy atom. The SMILES string of the molecule is COc1ccccc1Cc1coc(CNC(=O)[C@H](O)[C@@H](O)C(=O)N(C)Cc2cccc3ccccc23)n1. The summed E-state index contributed by atoms with van der Waals surface area (Å²) in [7, 11) is 3.10. The molecule has 0 radical (unpaired) electrons. The van der Waals surface area contributed by atoms with Crippen LogP contribution >= 0.6 is 0 Å². The quantitative estimate of drug-likeness (QED) is 0.304. The van der Waals surface area contributed by atoms with Gasteiger partial charge in [-0.25, -0.2) is 4.98 Å². The van der Waals surface area contributed by atoms with Gasteiger partial charge in [0.1, 0.15) is 12.0 Å². The summed E-state index contributed by atoms with van der Waals surface area (Å²) in [4.78, 5) is 30.8. The predicted molar refractivity (Wildman–Crippen MR) is 137 cm³/mol. The first-order valence-corrected chi connectivity index (χ1v) is 11.8. The first kappa shape index (κ1) is 25.9. The van der Waals surface area contributed by atoms with Crippen LogP contribution in [0.25, 0.3) is 10.8 Å². The van der Waals surface area contributed by atoms with Gasteiger partial charge in [-0.15, -0.1) is 0 Å². The summed E-state index contributed by atoms with van der Waals surface area (Å²) in [6.07, 6.45) is -1.93. The molecule has 0 aliphatic rings. The highest BCUT2D eigenvalue weighted by molar-refractivity contribution is 5.91. The van der Waals surface area contributed by atoms with E-state index in [1.807, 2.05) is 66.7 Å². The molecule has 0 unspecified atom stereocenters. The van der Waals surface area contributed by atoms with Gasteiger partial charge in [0.25, 0.3) is 11.8 Å². The van der Waals surface area contributed by atoms with Crippen LogP contribution in [0, 0.1) is 0 Å². The van der Waals surface area contributed by atoms with Crippen molar-refractivity contribution in [2.24, 2.45) is 0 Å². The van der Waals surface area contributed by atoms with Gasteiger partial charge in [0.15, 0.2) is 12.2 Å². The largest absolute Gasteiger partial charge is 0.496 e. The van der Waals surface area contributed by atoms with Crippen LogP contribution in [0.5, 0.6) is 5.75 Å². The van der Waals surface area contributed by atoms with Crippen molar-refractivity contribution in [1.82, 2.24) is 15.2 Å². The van der Waals surface area contributed by atoms with Crippen molar-refractivity contribution in [1.29, 1.82) is 0 Å². The van der Waals surface area contributed by atoms with E-state index >= 15 is 0 Å². The number of oxazole rings is 1. The van der Waals surface area contributed by atoms with E-state index in [1.54, 1.807) is 7.11 Å². The van der Waals surface area contributed by atoms with E-state index in [2.05, 4.69) is 10.3 Å². The normalized spacial score (nSPS) is 12.6. The second kappa shape index (κ2) is 11.7. The standard InChI is InChI=1S/C28H29N3O6/c1-31(16-20-11-7-10-18-8-3-5-12-22(18)20)28(35)26(33)25(32)27(34)29-15-24-30-21(17-37-24)14-19-9-4-6-13-23(19)36-2/h3-13,17,25-26,32-33H,14-16H2,1-2H3,(H,29,34)/t25-,26-/m1/s1. The van der Waals surface area contributed by atoms with Crippen molar-refractivity contribution in [3.63, 3.8) is 0 Å². The maximum atomic E-state index is 12.7. The van der Waals surface area contributed by atoms with E-state index in [0.717, 1.165) is 27.6 Å². The second-order valence-corrected chi connectivity index (χ2v) is 8.66. The molecule has 0 aliphatic carbocycles. The number of aromatic nitrogens is 1. The summed E-state index contributed by atoms with van der Waals surface area (Å²) in [6.45, 7) is 0.0887. The zero-order chi connectivity index (χ0) is 26.4. The third kappa shape index (κ3) is 6.14. The molecule has 0 saturated carbocycles. The highest BCUT2D eigenvalue weighted by atomic mass is 16.5. The summed E-state index contributed by atoms with van der Waals surface area (Å²) >= 11 is 0. The molecule has 0 fully saturated rings. The second-order valence-electron chi connectivity index (χ2n) is 8.66. The zero-order valence-electron chi connectivity index (χ0n) is 20.6. The molecule has 9 heteroatoms. The van der Waals surface area contributed by atoms with Crippen molar-refractivity contribution < 1.29 is 29.0 Å². The highest BCUT2D eigenvalue weighted by Gasteiger charge is 2.32. The van der Waals surface area contributed by atoms with E-state index in [4.69, 9.17) is 9.15 Å². The topological polar surface area (TPSA) is 125 Å². The van der Waals surface area contributed by atoms with E-state index < -0.39 is 24.0 Å². The van der Waals surface area contributed by atoms with Crippen LogP contribution in [0.4, 0.5) is 0 Å². The van der Waals surface area contributed by atoms with Crippen LogP contribution in [0.2, 0.25) is 0 Å². The molecule has 3 aromatic carbocycles. The molecular weight excluding hydrogens is 474 g/mol. The third-order valence-corrected chi connectivity index (χ3v) is 6.06. The van der Waals surface area contributed by atoms with Crippen LogP contribution in [-0.4, -0.2) is 58.3 Å². The Hall–Kier alpha value is -4.21. The minimum Gasteiger partial charge on any atom is -0.496 e. The lowest BCUT2D eigenvalue weighted by molar-refractivity contribution is -0.152. The van der Waals surface area contributed by atoms with Gasteiger partial charge in [0.2, 0.25) is 5.89 Å². The molecule has 9 nitrogen and oxygen atoms in total. The first-order valence-electron chi connectivity index (χ1n) is 11.8. The molecule has 1 heterocycles. The Morgan fingerprint density at radius 1 is 1.00 bits per heavy atom. The van der Waals surface area contributed by atoms with Gasteiger partial charge >= 0.3 is 0 Å². The molecule has 37 heavy (non-hydrogen) atoms. The minimum atomic E-state index is -1.95. The number of carbonyl (C=O) groups is 2. The summed E-state index contributed by atoms with van der Waals surface area (Å²) in [5.41, 5.74) is 2.45. The molecule has 3 N–H and O–H groups in total. The Labute approximate surface area is 214 Å². The maximum absolute atomic E-state index is 12.7. The molecule has 1 aromatic heterocycles. The van der Waals surface area contributed by atoms with Crippen LogP contribution in [0.1, 0.15) is 22.7 Å². The molecule has 4 rings (SSSR count). The number of nitrogens with zero attached hydrogens (tertiary/aromatic N) is 2. The van der Waals surface area contributed by atoms with Gasteiger partial charge in [0, 0.05) is 25.6 Å². The lowest BCUT2D eigenvalue weighted by Gasteiger charge is -2.23. The lowest BCUT2D eigenvalue weighted by Crippen LogP contribution is -2.49. The Morgan fingerprint density at radius 3 is 2.51 bits per heavy atom. The Balaban J connectivity index is 1.31. The van der Waals surface area contributed by atoms with Gasteiger partial charge < -0.3 is 29.6 Å². The number of ether oxygens (including phenoxy) is 1. The monoisotopic (exact) mass is 503 g/mol. The van der Waals surface area contributed by atoms with E-state index in [1.165, 1.54) is 18.2 Å². The van der Waals surface area contributed by atoms with Crippen molar-refractivity contribution >= 4 is 22.6 Å². The fourth-order valence-electron chi connectivity index (χ4n) is 4.09. The number of hydrogen-bond acceptors (Lipinski definition) is 7. The third-order valence-electron chi connectivity index (χ3n) is 6.06. The van der Waals surface area contributed by atoms with E-state index in [9.17, 15) is 19.8 Å². The van der Waals surface area contributed by atoms with Crippen molar-refractivity contribution in [3.05, 3.63) is 95.7 Å².